The first kappa shape index (κ1) is 11.8. The van der Waals surface area contributed by atoms with Crippen molar-refractivity contribution in [2.45, 2.75) is 37.6 Å². The SMILES string of the molecule is COC(=O)N1C[C@@H]2CCCC[C@@]23C[C@@]13C(=O)OC. The maximum Gasteiger partial charge on any atom is 0.410 e. The second-order valence-electron chi connectivity index (χ2n) is 5.71. The van der Waals surface area contributed by atoms with Crippen LogP contribution in [0.25, 0.3) is 0 Å². The zero-order valence-electron chi connectivity index (χ0n) is 10.9. The molecule has 100 valence electrons. The van der Waals surface area contributed by atoms with E-state index in [0.717, 1.165) is 25.7 Å². The van der Waals surface area contributed by atoms with Crippen molar-refractivity contribution >= 4 is 12.1 Å². The predicted molar refractivity (Wildman–Crippen MR) is 62.9 cm³/mol. The first-order valence-electron chi connectivity index (χ1n) is 6.56. The Balaban J connectivity index is 1.98. The van der Waals surface area contributed by atoms with Crippen LogP contribution < -0.4 is 0 Å². The number of amides is 1. The molecule has 3 fully saturated rings. The fourth-order valence-corrected chi connectivity index (χ4v) is 4.40. The van der Waals surface area contributed by atoms with Gasteiger partial charge in [0.25, 0.3) is 0 Å². The van der Waals surface area contributed by atoms with E-state index in [1.807, 2.05) is 0 Å². The number of methoxy groups -OCH3 is 2. The highest BCUT2D eigenvalue weighted by atomic mass is 16.6. The van der Waals surface area contributed by atoms with Crippen molar-refractivity contribution in [2.24, 2.45) is 11.3 Å². The van der Waals surface area contributed by atoms with Gasteiger partial charge in [-0.3, -0.25) is 4.90 Å². The van der Waals surface area contributed by atoms with Gasteiger partial charge in [0.05, 0.1) is 14.2 Å². The van der Waals surface area contributed by atoms with Gasteiger partial charge < -0.3 is 9.47 Å². The Morgan fingerprint density at radius 1 is 1.22 bits per heavy atom. The lowest BCUT2D eigenvalue weighted by atomic mass is 9.76. The summed E-state index contributed by atoms with van der Waals surface area (Å²) in [6.07, 6.45) is 4.83. The van der Waals surface area contributed by atoms with Gasteiger partial charge in [0.15, 0.2) is 5.54 Å². The van der Waals surface area contributed by atoms with Crippen molar-refractivity contribution in [3.8, 4) is 0 Å². The molecule has 3 aliphatic rings. The van der Waals surface area contributed by atoms with Crippen LogP contribution in [0.15, 0.2) is 0 Å². The van der Waals surface area contributed by atoms with E-state index in [-0.39, 0.29) is 11.4 Å². The lowest BCUT2D eigenvalue weighted by molar-refractivity contribution is -0.148. The van der Waals surface area contributed by atoms with Crippen molar-refractivity contribution in [1.82, 2.24) is 4.90 Å². The van der Waals surface area contributed by atoms with E-state index in [1.54, 1.807) is 4.90 Å². The molecule has 5 nitrogen and oxygen atoms in total. The number of hydrogen-bond donors (Lipinski definition) is 0. The maximum atomic E-state index is 12.2. The summed E-state index contributed by atoms with van der Waals surface area (Å²) < 4.78 is 9.79. The van der Waals surface area contributed by atoms with Gasteiger partial charge in [-0.1, -0.05) is 12.8 Å². The zero-order valence-corrected chi connectivity index (χ0v) is 10.9. The number of nitrogens with zero attached hydrogens (tertiary/aromatic N) is 1. The molecule has 0 N–H and O–H groups in total. The molecule has 2 saturated carbocycles. The highest BCUT2D eigenvalue weighted by molar-refractivity contribution is 5.92. The van der Waals surface area contributed by atoms with Gasteiger partial charge >= 0.3 is 12.1 Å². The molecule has 3 atom stereocenters. The first-order valence-corrected chi connectivity index (χ1v) is 6.56. The minimum atomic E-state index is -0.722. The van der Waals surface area contributed by atoms with E-state index >= 15 is 0 Å². The Labute approximate surface area is 106 Å². The Bertz CT molecular complexity index is 410. The minimum Gasteiger partial charge on any atom is -0.467 e. The van der Waals surface area contributed by atoms with Crippen molar-refractivity contribution in [2.75, 3.05) is 20.8 Å². The monoisotopic (exact) mass is 253 g/mol. The topological polar surface area (TPSA) is 55.8 Å². The molecule has 5 heteroatoms. The molecule has 3 rings (SSSR count). The molecular weight excluding hydrogens is 234 g/mol. The summed E-state index contributed by atoms with van der Waals surface area (Å²) in [4.78, 5) is 25.7. The molecule has 2 aliphatic carbocycles. The molecule has 0 unspecified atom stereocenters. The number of piperidine rings is 1. The van der Waals surface area contributed by atoms with Crippen LogP contribution in [0.2, 0.25) is 0 Å². The van der Waals surface area contributed by atoms with E-state index in [1.165, 1.54) is 20.6 Å². The predicted octanol–water partition coefficient (Wildman–Crippen LogP) is 1.56. The van der Waals surface area contributed by atoms with Gasteiger partial charge in [0.2, 0.25) is 0 Å². The molecule has 0 aromatic heterocycles. The second-order valence-corrected chi connectivity index (χ2v) is 5.71. The molecule has 1 saturated heterocycles. The highest BCUT2D eigenvalue weighted by Gasteiger charge is 2.83. The van der Waals surface area contributed by atoms with Gasteiger partial charge in [0.1, 0.15) is 0 Å². The largest absolute Gasteiger partial charge is 0.467 e. The summed E-state index contributed by atoms with van der Waals surface area (Å²) in [5.74, 6) is 0.168. The molecule has 0 radical (unpaired) electrons. The number of likely N-dealkylation sites (tertiary alicyclic amines) is 1. The standard InChI is InChI=1S/C13H19NO4/c1-17-10(15)13-8-12(13)6-4-3-5-9(12)7-14(13)11(16)18-2/h9H,3-8H2,1-2H3/t9-,12+,13-/m0/s1. The summed E-state index contributed by atoms with van der Waals surface area (Å²) in [5, 5.41) is 0. The van der Waals surface area contributed by atoms with Crippen molar-refractivity contribution < 1.29 is 19.1 Å². The van der Waals surface area contributed by atoms with Crippen molar-refractivity contribution in [3.63, 3.8) is 0 Å². The molecule has 1 aliphatic heterocycles. The molecule has 1 amide bonds. The van der Waals surface area contributed by atoms with Gasteiger partial charge in [-0.2, -0.15) is 0 Å². The molecule has 18 heavy (non-hydrogen) atoms. The maximum absolute atomic E-state index is 12.2. The molecule has 1 spiro atoms. The minimum absolute atomic E-state index is 0.0213. The second kappa shape index (κ2) is 3.62. The Kier molecular flexibility index (Phi) is 2.37. The summed E-state index contributed by atoms with van der Waals surface area (Å²) in [5.41, 5.74) is -0.744. The van der Waals surface area contributed by atoms with Crippen LogP contribution in [-0.2, 0) is 14.3 Å². The molecule has 0 aromatic carbocycles. The highest BCUT2D eigenvalue weighted by Crippen LogP contribution is 2.73. The first-order chi connectivity index (χ1) is 8.62. The Morgan fingerprint density at radius 3 is 2.67 bits per heavy atom. The third kappa shape index (κ3) is 1.12. The number of ether oxygens (including phenoxy) is 2. The average molecular weight is 253 g/mol. The summed E-state index contributed by atoms with van der Waals surface area (Å²) in [6.45, 7) is 0.641. The Morgan fingerprint density at radius 2 is 2.00 bits per heavy atom. The lowest BCUT2D eigenvalue weighted by Gasteiger charge is -2.27. The molecular formula is C13H19NO4. The summed E-state index contributed by atoms with van der Waals surface area (Å²) >= 11 is 0. The van der Waals surface area contributed by atoms with E-state index in [9.17, 15) is 9.59 Å². The number of carbonyl (C=O) groups is 2. The molecule has 0 bridgehead atoms. The number of rotatable bonds is 1. The van der Waals surface area contributed by atoms with E-state index in [4.69, 9.17) is 9.47 Å². The quantitative estimate of drug-likeness (QED) is 0.665. The molecule has 1 heterocycles. The van der Waals surface area contributed by atoms with Gasteiger partial charge in [-0.05, 0) is 25.2 Å². The van der Waals surface area contributed by atoms with Crippen LogP contribution in [0.3, 0.4) is 0 Å². The van der Waals surface area contributed by atoms with E-state index < -0.39 is 11.6 Å². The average Bonchev–Trinajstić information content (AvgIpc) is 2.98. The third-order valence-corrected chi connectivity index (χ3v) is 5.26. The van der Waals surface area contributed by atoms with Gasteiger partial charge in [-0.25, -0.2) is 9.59 Å². The fourth-order valence-electron chi connectivity index (χ4n) is 4.40. The zero-order chi connectivity index (χ0) is 13.0. The van der Waals surface area contributed by atoms with Crippen LogP contribution in [0.5, 0.6) is 0 Å². The Hall–Kier alpha value is -1.26. The summed E-state index contributed by atoms with van der Waals surface area (Å²) in [6, 6.07) is 0. The fraction of sp³-hybridized carbons (Fsp3) is 0.846. The van der Waals surface area contributed by atoms with Crippen LogP contribution in [-0.4, -0.2) is 43.3 Å². The number of carbonyl (C=O) groups excluding carboxylic acids is 2. The van der Waals surface area contributed by atoms with Crippen molar-refractivity contribution in [1.29, 1.82) is 0 Å². The third-order valence-electron chi connectivity index (χ3n) is 5.26. The van der Waals surface area contributed by atoms with Crippen LogP contribution in [0.1, 0.15) is 32.1 Å². The number of hydrogen-bond acceptors (Lipinski definition) is 4. The van der Waals surface area contributed by atoms with Gasteiger partial charge in [0, 0.05) is 12.0 Å². The van der Waals surface area contributed by atoms with Crippen LogP contribution >= 0.6 is 0 Å². The van der Waals surface area contributed by atoms with Crippen LogP contribution in [0.4, 0.5) is 4.79 Å². The van der Waals surface area contributed by atoms with E-state index in [2.05, 4.69) is 0 Å². The lowest BCUT2D eigenvalue weighted by Crippen LogP contribution is -2.47. The smallest absolute Gasteiger partial charge is 0.410 e. The number of esters is 1. The van der Waals surface area contributed by atoms with Gasteiger partial charge in [-0.15, -0.1) is 0 Å². The summed E-state index contributed by atoms with van der Waals surface area (Å²) in [7, 11) is 2.76. The van der Waals surface area contributed by atoms with Crippen molar-refractivity contribution in [3.05, 3.63) is 0 Å². The normalized spacial score (nSPS) is 40.8. The molecule has 0 aromatic rings. The van der Waals surface area contributed by atoms with E-state index in [0.29, 0.717) is 12.5 Å². The van der Waals surface area contributed by atoms with Crippen LogP contribution in [0, 0.1) is 11.3 Å².